The van der Waals surface area contributed by atoms with Crippen molar-refractivity contribution in [2.24, 2.45) is 11.8 Å². The Balaban J connectivity index is 1.54. The van der Waals surface area contributed by atoms with Crippen molar-refractivity contribution in [3.8, 4) is 11.8 Å². The van der Waals surface area contributed by atoms with Crippen LogP contribution in [0.2, 0.25) is 0 Å². The second kappa shape index (κ2) is 7.23. The molecule has 2 atom stereocenters. The van der Waals surface area contributed by atoms with Gasteiger partial charge in [-0.3, -0.25) is 4.79 Å². The summed E-state index contributed by atoms with van der Waals surface area (Å²) in [5.41, 5.74) is 1.64. The van der Waals surface area contributed by atoms with Crippen molar-refractivity contribution in [1.82, 2.24) is 10.2 Å². The minimum Gasteiger partial charge on any atom is -0.495 e. The molecule has 24 heavy (non-hydrogen) atoms. The first-order valence-electron chi connectivity index (χ1n) is 8.71. The molecule has 0 unspecified atom stereocenters. The summed E-state index contributed by atoms with van der Waals surface area (Å²) in [5, 5.41) is 12.8. The predicted octanol–water partition coefficient (Wildman–Crippen LogP) is 2.30. The SMILES string of the molecule is COc1ccc(CN[C@@H]2CCN(C(=O)C3CC3)C[C@@H]2C)cc1C#N. The highest BCUT2D eigenvalue weighted by Gasteiger charge is 2.36. The van der Waals surface area contributed by atoms with Crippen LogP contribution in [-0.2, 0) is 11.3 Å². The average molecular weight is 327 g/mol. The lowest BCUT2D eigenvalue weighted by Crippen LogP contribution is -2.50. The summed E-state index contributed by atoms with van der Waals surface area (Å²) < 4.78 is 5.18. The molecule has 1 aromatic carbocycles. The first kappa shape index (κ1) is 16.8. The average Bonchev–Trinajstić information content (AvgIpc) is 3.44. The number of hydrogen-bond acceptors (Lipinski definition) is 4. The van der Waals surface area contributed by atoms with Crippen LogP contribution in [0.25, 0.3) is 0 Å². The second-order valence-corrected chi connectivity index (χ2v) is 6.96. The van der Waals surface area contributed by atoms with Gasteiger partial charge in [0.1, 0.15) is 11.8 Å². The van der Waals surface area contributed by atoms with Gasteiger partial charge in [0.15, 0.2) is 0 Å². The zero-order chi connectivity index (χ0) is 17.1. The van der Waals surface area contributed by atoms with E-state index in [4.69, 9.17) is 4.74 Å². The van der Waals surface area contributed by atoms with Gasteiger partial charge in [0, 0.05) is 31.6 Å². The van der Waals surface area contributed by atoms with Crippen LogP contribution in [0.3, 0.4) is 0 Å². The Hall–Kier alpha value is -2.06. The van der Waals surface area contributed by atoms with Gasteiger partial charge in [-0.1, -0.05) is 13.0 Å². The van der Waals surface area contributed by atoms with Gasteiger partial charge in [-0.2, -0.15) is 5.26 Å². The van der Waals surface area contributed by atoms with Crippen molar-refractivity contribution in [2.75, 3.05) is 20.2 Å². The van der Waals surface area contributed by atoms with Crippen molar-refractivity contribution in [3.63, 3.8) is 0 Å². The number of ether oxygens (including phenoxy) is 1. The molecule has 0 bridgehead atoms. The van der Waals surface area contributed by atoms with Gasteiger partial charge in [-0.15, -0.1) is 0 Å². The number of benzene rings is 1. The summed E-state index contributed by atoms with van der Waals surface area (Å²) in [5.74, 6) is 1.72. The maximum Gasteiger partial charge on any atom is 0.225 e. The van der Waals surface area contributed by atoms with Crippen molar-refractivity contribution in [3.05, 3.63) is 29.3 Å². The molecule has 1 N–H and O–H groups in total. The second-order valence-electron chi connectivity index (χ2n) is 6.96. The molecule has 2 aliphatic rings. The lowest BCUT2D eigenvalue weighted by molar-refractivity contribution is -0.134. The van der Waals surface area contributed by atoms with E-state index in [0.717, 1.165) is 44.5 Å². The van der Waals surface area contributed by atoms with Crippen LogP contribution >= 0.6 is 0 Å². The summed E-state index contributed by atoms with van der Waals surface area (Å²) in [6.07, 6.45) is 3.13. The van der Waals surface area contributed by atoms with Crippen molar-refractivity contribution < 1.29 is 9.53 Å². The molecule has 3 rings (SSSR count). The predicted molar refractivity (Wildman–Crippen MR) is 91.4 cm³/mol. The number of nitrogens with one attached hydrogen (secondary N) is 1. The summed E-state index contributed by atoms with van der Waals surface area (Å²) in [4.78, 5) is 14.2. The molecule has 5 heteroatoms. The van der Waals surface area contributed by atoms with Gasteiger partial charge in [0.2, 0.25) is 5.91 Å². The van der Waals surface area contributed by atoms with Crippen LogP contribution in [-0.4, -0.2) is 37.0 Å². The maximum absolute atomic E-state index is 12.2. The van der Waals surface area contributed by atoms with Gasteiger partial charge in [0.05, 0.1) is 12.7 Å². The topological polar surface area (TPSA) is 65.4 Å². The van der Waals surface area contributed by atoms with Gasteiger partial charge in [-0.05, 0) is 42.9 Å². The third kappa shape index (κ3) is 3.70. The number of carbonyl (C=O) groups excluding carboxylic acids is 1. The van der Waals surface area contributed by atoms with E-state index in [1.165, 1.54) is 0 Å². The van der Waals surface area contributed by atoms with E-state index in [1.807, 2.05) is 23.1 Å². The van der Waals surface area contributed by atoms with Crippen molar-refractivity contribution in [1.29, 1.82) is 5.26 Å². The monoisotopic (exact) mass is 327 g/mol. The van der Waals surface area contributed by atoms with E-state index in [-0.39, 0.29) is 0 Å². The number of carbonyl (C=O) groups is 1. The van der Waals surface area contributed by atoms with Crippen molar-refractivity contribution in [2.45, 2.75) is 38.8 Å². The number of amides is 1. The first-order valence-corrected chi connectivity index (χ1v) is 8.71. The van der Waals surface area contributed by atoms with Crippen LogP contribution in [0.15, 0.2) is 18.2 Å². The van der Waals surface area contributed by atoms with Crippen LogP contribution < -0.4 is 10.1 Å². The molecule has 0 radical (unpaired) electrons. The number of methoxy groups -OCH3 is 1. The lowest BCUT2D eigenvalue weighted by atomic mass is 9.93. The zero-order valence-electron chi connectivity index (χ0n) is 14.4. The Morgan fingerprint density at radius 3 is 2.83 bits per heavy atom. The largest absolute Gasteiger partial charge is 0.495 e. The fraction of sp³-hybridized carbons (Fsp3) is 0.579. The molecule has 1 heterocycles. The summed E-state index contributed by atoms with van der Waals surface area (Å²) >= 11 is 0. The van der Waals surface area contributed by atoms with Gasteiger partial charge in [-0.25, -0.2) is 0 Å². The highest BCUT2D eigenvalue weighted by atomic mass is 16.5. The number of hydrogen-bond donors (Lipinski definition) is 1. The standard InChI is InChI=1S/C19H25N3O2/c1-13-12-22(19(23)15-4-5-15)8-7-17(13)21-11-14-3-6-18(24-2)16(9-14)10-20/h3,6,9,13,15,17,21H,4-5,7-8,11-12H2,1-2H3/t13-,17+/m0/s1. The van der Waals surface area contributed by atoms with Crippen LogP contribution in [0.5, 0.6) is 5.75 Å². The summed E-state index contributed by atoms with van der Waals surface area (Å²) in [6, 6.07) is 8.28. The Labute approximate surface area is 143 Å². The van der Waals surface area contributed by atoms with Crippen LogP contribution in [0, 0.1) is 23.2 Å². The molecule has 2 fully saturated rings. The van der Waals surface area contributed by atoms with Crippen LogP contribution in [0.4, 0.5) is 0 Å². The van der Waals surface area contributed by atoms with Crippen LogP contribution in [0.1, 0.15) is 37.3 Å². The summed E-state index contributed by atoms with van der Waals surface area (Å²) in [6.45, 7) is 4.63. The highest BCUT2D eigenvalue weighted by Crippen LogP contribution is 2.32. The normalized spacial score (nSPS) is 23.6. The first-order chi connectivity index (χ1) is 11.6. The van der Waals surface area contributed by atoms with E-state index in [2.05, 4.69) is 18.3 Å². The van der Waals surface area contributed by atoms with Gasteiger partial charge < -0.3 is 15.0 Å². The molecule has 1 aromatic rings. The molecule has 1 aliphatic heterocycles. The number of nitrogens with zero attached hydrogens (tertiary/aromatic N) is 2. The minimum atomic E-state index is 0.311. The van der Waals surface area contributed by atoms with E-state index < -0.39 is 0 Å². The number of rotatable bonds is 5. The molecule has 1 aliphatic carbocycles. The highest BCUT2D eigenvalue weighted by molar-refractivity contribution is 5.81. The van der Waals surface area contributed by atoms with Gasteiger partial charge in [0.25, 0.3) is 0 Å². The van der Waals surface area contributed by atoms with E-state index in [9.17, 15) is 10.1 Å². The molecule has 0 spiro atoms. The third-order valence-electron chi connectivity index (χ3n) is 5.10. The molecule has 0 aromatic heterocycles. The molecular weight excluding hydrogens is 302 g/mol. The fourth-order valence-electron chi connectivity index (χ4n) is 3.44. The molecule has 128 valence electrons. The zero-order valence-corrected chi connectivity index (χ0v) is 14.4. The Bertz CT molecular complexity index is 649. The molecule has 5 nitrogen and oxygen atoms in total. The Morgan fingerprint density at radius 1 is 1.42 bits per heavy atom. The minimum absolute atomic E-state index is 0.311. The van der Waals surface area contributed by atoms with Crippen molar-refractivity contribution >= 4 is 5.91 Å². The molecular formula is C19H25N3O2. The fourth-order valence-corrected chi connectivity index (χ4v) is 3.44. The lowest BCUT2D eigenvalue weighted by Gasteiger charge is -2.37. The van der Waals surface area contributed by atoms with Gasteiger partial charge >= 0.3 is 0 Å². The smallest absolute Gasteiger partial charge is 0.225 e. The molecule has 1 amide bonds. The van der Waals surface area contributed by atoms with E-state index in [0.29, 0.717) is 35.1 Å². The molecule has 1 saturated heterocycles. The summed E-state index contributed by atoms with van der Waals surface area (Å²) in [7, 11) is 1.58. The maximum atomic E-state index is 12.2. The number of nitriles is 1. The Morgan fingerprint density at radius 2 is 2.21 bits per heavy atom. The molecule has 1 saturated carbocycles. The third-order valence-corrected chi connectivity index (χ3v) is 5.10. The number of likely N-dealkylation sites (tertiary alicyclic amines) is 1. The quantitative estimate of drug-likeness (QED) is 0.901. The van der Waals surface area contributed by atoms with E-state index >= 15 is 0 Å². The Kier molecular flexibility index (Phi) is 5.06. The van der Waals surface area contributed by atoms with E-state index in [1.54, 1.807) is 7.11 Å². The number of piperidine rings is 1.